The van der Waals surface area contributed by atoms with Crippen molar-refractivity contribution in [1.82, 2.24) is 0 Å². The molecular weight excluding hydrogens is 238 g/mol. The molecule has 2 N–H and O–H groups in total. The summed E-state index contributed by atoms with van der Waals surface area (Å²) < 4.78 is 10.4. The summed E-state index contributed by atoms with van der Waals surface area (Å²) in [6.07, 6.45) is 1.98. The van der Waals surface area contributed by atoms with Gasteiger partial charge in [0, 0.05) is 6.04 Å². The lowest BCUT2D eigenvalue weighted by molar-refractivity contribution is 0.355. The fraction of sp³-hybridized carbons (Fsp3) is 0.385. The summed E-state index contributed by atoms with van der Waals surface area (Å²) in [6, 6.07) is 3.72. The summed E-state index contributed by atoms with van der Waals surface area (Å²) in [5.41, 5.74) is 7.82. The Morgan fingerprint density at radius 3 is 2.47 bits per heavy atom. The first kappa shape index (κ1) is 13.9. The lowest BCUT2D eigenvalue weighted by Crippen LogP contribution is -2.15. The third kappa shape index (κ3) is 3.38. The molecule has 0 saturated heterocycles. The van der Waals surface area contributed by atoms with Gasteiger partial charge in [-0.2, -0.15) is 0 Å². The van der Waals surface area contributed by atoms with E-state index in [9.17, 15) is 0 Å². The monoisotopic (exact) mass is 255 g/mol. The summed E-state index contributed by atoms with van der Waals surface area (Å²) in [5.74, 6) is 1.16. The van der Waals surface area contributed by atoms with Gasteiger partial charge in [-0.3, -0.25) is 0 Å². The van der Waals surface area contributed by atoms with Gasteiger partial charge in [-0.1, -0.05) is 23.3 Å². The smallest absolute Gasteiger partial charge is 0.179 e. The molecule has 0 aromatic heterocycles. The molecule has 0 heterocycles. The lowest BCUT2D eigenvalue weighted by Gasteiger charge is -2.11. The van der Waals surface area contributed by atoms with Gasteiger partial charge in [0.15, 0.2) is 11.5 Å². The van der Waals surface area contributed by atoms with Crippen LogP contribution in [0.5, 0.6) is 11.5 Å². The Bertz CT molecular complexity index is 428. The van der Waals surface area contributed by atoms with E-state index in [1.54, 1.807) is 14.2 Å². The van der Waals surface area contributed by atoms with E-state index in [0.29, 0.717) is 16.5 Å². The fourth-order valence-electron chi connectivity index (χ4n) is 1.42. The third-order valence-electron chi connectivity index (χ3n) is 2.57. The van der Waals surface area contributed by atoms with Crippen LogP contribution in [0, 0.1) is 0 Å². The maximum Gasteiger partial charge on any atom is 0.179 e. The second-order valence-electron chi connectivity index (χ2n) is 3.92. The minimum atomic E-state index is 0.0156. The van der Waals surface area contributed by atoms with Gasteiger partial charge in [0.2, 0.25) is 0 Å². The summed E-state index contributed by atoms with van der Waals surface area (Å²) >= 11 is 6.11. The predicted octanol–water partition coefficient (Wildman–Crippen LogP) is 3.11. The van der Waals surface area contributed by atoms with E-state index in [-0.39, 0.29) is 6.04 Å². The van der Waals surface area contributed by atoms with Crippen molar-refractivity contribution in [3.63, 3.8) is 0 Å². The number of hydrogen-bond donors (Lipinski definition) is 1. The van der Waals surface area contributed by atoms with Crippen molar-refractivity contribution in [3.05, 3.63) is 28.3 Å². The van der Waals surface area contributed by atoms with Gasteiger partial charge in [-0.05, 0) is 31.5 Å². The van der Waals surface area contributed by atoms with Crippen molar-refractivity contribution in [2.24, 2.45) is 5.73 Å². The molecule has 0 bridgehead atoms. The Labute approximate surface area is 107 Å². The Hall–Kier alpha value is -1.19. The van der Waals surface area contributed by atoms with E-state index in [0.717, 1.165) is 11.1 Å². The average molecular weight is 256 g/mol. The van der Waals surface area contributed by atoms with Gasteiger partial charge in [0.25, 0.3) is 0 Å². The van der Waals surface area contributed by atoms with Crippen LogP contribution in [-0.4, -0.2) is 20.3 Å². The van der Waals surface area contributed by atoms with Crippen LogP contribution in [0.2, 0.25) is 5.02 Å². The van der Waals surface area contributed by atoms with Crippen molar-refractivity contribution in [1.29, 1.82) is 0 Å². The number of halogens is 1. The van der Waals surface area contributed by atoms with Crippen LogP contribution < -0.4 is 15.2 Å². The maximum atomic E-state index is 6.11. The molecule has 0 saturated carbocycles. The Balaban J connectivity index is 3.20. The molecule has 0 radical (unpaired) electrons. The third-order valence-corrected chi connectivity index (χ3v) is 2.85. The zero-order valence-electron chi connectivity index (χ0n) is 10.6. The number of benzene rings is 1. The molecule has 1 aromatic rings. The fourth-order valence-corrected chi connectivity index (χ4v) is 1.71. The second-order valence-corrected chi connectivity index (χ2v) is 4.32. The van der Waals surface area contributed by atoms with Gasteiger partial charge in [-0.25, -0.2) is 0 Å². The second kappa shape index (κ2) is 5.94. The summed E-state index contributed by atoms with van der Waals surface area (Å²) in [4.78, 5) is 0. The number of ether oxygens (including phenoxy) is 2. The predicted molar refractivity (Wildman–Crippen MR) is 71.9 cm³/mol. The van der Waals surface area contributed by atoms with Crippen LogP contribution in [-0.2, 0) is 0 Å². The molecule has 1 aromatic carbocycles. The molecule has 3 nitrogen and oxygen atoms in total. The first-order valence-corrected chi connectivity index (χ1v) is 5.72. The van der Waals surface area contributed by atoms with Crippen molar-refractivity contribution < 1.29 is 9.47 Å². The highest BCUT2D eigenvalue weighted by Crippen LogP contribution is 2.36. The standard InChI is InChI=1S/C13H18ClNO2/c1-8(9(2)15)5-10-6-11(14)13(17-4)12(7-10)16-3/h5-7,9H,15H2,1-4H3/b8-5-. The molecule has 0 aliphatic carbocycles. The van der Waals surface area contributed by atoms with E-state index in [2.05, 4.69) is 0 Å². The molecule has 94 valence electrons. The SMILES string of the molecule is COc1cc(/C=C(/C)C(C)N)cc(Cl)c1OC. The van der Waals surface area contributed by atoms with E-state index >= 15 is 0 Å². The molecule has 0 aliphatic rings. The van der Waals surface area contributed by atoms with Crippen LogP contribution in [0.1, 0.15) is 19.4 Å². The maximum absolute atomic E-state index is 6.11. The molecule has 4 heteroatoms. The van der Waals surface area contributed by atoms with Crippen molar-refractivity contribution in [3.8, 4) is 11.5 Å². The highest BCUT2D eigenvalue weighted by molar-refractivity contribution is 6.32. The molecule has 0 spiro atoms. The molecule has 1 rings (SSSR count). The van der Waals surface area contributed by atoms with Crippen LogP contribution >= 0.6 is 11.6 Å². The topological polar surface area (TPSA) is 44.5 Å². The summed E-state index contributed by atoms with van der Waals surface area (Å²) in [6.45, 7) is 3.92. The van der Waals surface area contributed by atoms with Crippen molar-refractivity contribution >= 4 is 17.7 Å². The molecule has 0 fully saturated rings. The van der Waals surface area contributed by atoms with Crippen LogP contribution in [0.3, 0.4) is 0 Å². The molecule has 1 atom stereocenters. The Morgan fingerprint density at radius 1 is 1.35 bits per heavy atom. The molecule has 1 unspecified atom stereocenters. The minimum absolute atomic E-state index is 0.0156. The number of nitrogens with two attached hydrogens (primary N) is 1. The van der Waals surface area contributed by atoms with E-state index in [1.165, 1.54) is 0 Å². The molecule has 17 heavy (non-hydrogen) atoms. The Kier molecular flexibility index (Phi) is 4.85. The highest BCUT2D eigenvalue weighted by atomic mass is 35.5. The van der Waals surface area contributed by atoms with Crippen LogP contribution in [0.15, 0.2) is 17.7 Å². The highest BCUT2D eigenvalue weighted by Gasteiger charge is 2.10. The Morgan fingerprint density at radius 2 is 2.00 bits per heavy atom. The van der Waals surface area contributed by atoms with Gasteiger partial charge in [0.1, 0.15) is 0 Å². The van der Waals surface area contributed by atoms with Crippen LogP contribution in [0.4, 0.5) is 0 Å². The van der Waals surface area contributed by atoms with Crippen molar-refractivity contribution in [2.75, 3.05) is 14.2 Å². The molecule has 0 amide bonds. The van der Waals surface area contributed by atoms with Gasteiger partial charge in [-0.15, -0.1) is 0 Å². The average Bonchev–Trinajstić information content (AvgIpc) is 2.27. The molecular formula is C13H18ClNO2. The lowest BCUT2D eigenvalue weighted by atomic mass is 10.1. The minimum Gasteiger partial charge on any atom is -0.493 e. The van der Waals surface area contributed by atoms with Crippen LogP contribution in [0.25, 0.3) is 6.08 Å². The summed E-state index contributed by atoms with van der Waals surface area (Å²) in [7, 11) is 3.15. The largest absolute Gasteiger partial charge is 0.493 e. The number of rotatable bonds is 4. The zero-order chi connectivity index (χ0) is 13.0. The molecule has 0 aliphatic heterocycles. The van der Waals surface area contributed by atoms with E-state index in [4.69, 9.17) is 26.8 Å². The normalized spacial score (nSPS) is 13.4. The first-order chi connectivity index (χ1) is 7.99. The van der Waals surface area contributed by atoms with E-state index in [1.807, 2.05) is 32.1 Å². The first-order valence-electron chi connectivity index (χ1n) is 5.35. The van der Waals surface area contributed by atoms with E-state index < -0.39 is 0 Å². The quantitative estimate of drug-likeness (QED) is 0.899. The summed E-state index contributed by atoms with van der Waals surface area (Å²) in [5, 5.41) is 0.524. The zero-order valence-corrected chi connectivity index (χ0v) is 11.3. The number of hydrogen-bond acceptors (Lipinski definition) is 3. The van der Waals surface area contributed by atoms with Gasteiger partial charge in [0.05, 0.1) is 19.2 Å². The number of methoxy groups -OCH3 is 2. The van der Waals surface area contributed by atoms with Crippen molar-refractivity contribution in [2.45, 2.75) is 19.9 Å². The van der Waals surface area contributed by atoms with Gasteiger partial charge >= 0.3 is 0 Å². The van der Waals surface area contributed by atoms with Gasteiger partial charge < -0.3 is 15.2 Å².